The number of amidine groups is 1. The van der Waals surface area contributed by atoms with Gasteiger partial charge in [-0.1, -0.05) is 41.4 Å². The number of ether oxygens (including phenoxy) is 2. The number of fused-ring (bicyclic) bond motifs is 3. The highest BCUT2D eigenvalue weighted by Crippen LogP contribution is 2.41. The van der Waals surface area contributed by atoms with Gasteiger partial charge >= 0.3 is 12.1 Å². The molecule has 4 rings (SSSR count). The van der Waals surface area contributed by atoms with Crippen LogP contribution in [0.5, 0.6) is 0 Å². The zero-order valence-corrected chi connectivity index (χ0v) is 22.1. The lowest BCUT2D eigenvalue weighted by Gasteiger charge is -2.35. The summed E-state index contributed by atoms with van der Waals surface area (Å²) in [6.45, 7) is 5.13. The highest BCUT2D eigenvalue weighted by molar-refractivity contribution is 7.98. The van der Waals surface area contributed by atoms with Crippen molar-refractivity contribution in [3.8, 4) is 0 Å². The van der Waals surface area contributed by atoms with Crippen LogP contribution >= 0.6 is 23.4 Å². The van der Waals surface area contributed by atoms with E-state index >= 15 is 0 Å². The highest BCUT2D eigenvalue weighted by atomic mass is 35.5. The fraction of sp³-hybridized carbons (Fsp3) is 0.385. The number of thioether (sulfide) groups is 1. The van der Waals surface area contributed by atoms with Crippen LogP contribution in [0.25, 0.3) is 0 Å². The molecule has 0 unspecified atom stereocenters. The molecule has 5 nitrogen and oxygen atoms in total. The van der Waals surface area contributed by atoms with E-state index in [1.54, 1.807) is 36.9 Å². The number of carbonyl (C=O) groups excluding carboxylic acids is 1. The Bertz CT molecular complexity index is 1170. The molecule has 2 aromatic rings. The number of allylic oxidation sites excluding steroid dienone is 1. The lowest BCUT2D eigenvalue weighted by Crippen LogP contribution is -2.46. The Labute approximate surface area is 218 Å². The van der Waals surface area contributed by atoms with Gasteiger partial charge in [0, 0.05) is 10.5 Å². The molecule has 0 fully saturated rings. The number of hydrogen-bond donors (Lipinski definition) is 0. The minimum absolute atomic E-state index is 0.0841. The van der Waals surface area contributed by atoms with Crippen molar-refractivity contribution in [2.24, 2.45) is 4.99 Å². The Kier molecular flexibility index (Phi) is 9.49. The summed E-state index contributed by atoms with van der Waals surface area (Å²) >= 11 is 7.47. The van der Waals surface area contributed by atoms with E-state index in [4.69, 9.17) is 21.1 Å². The van der Waals surface area contributed by atoms with E-state index in [1.807, 2.05) is 37.4 Å². The molecule has 0 radical (unpaired) electrons. The monoisotopic (exact) mass is 540 g/mol. The topological polar surface area (TPSA) is 51.1 Å². The average Bonchev–Trinajstić information content (AvgIpc) is 2.95. The van der Waals surface area contributed by atoms with Crippen LogP contribution < -0.4 is 4.90 Å². The first-order chi connectivity index (χ1) is 17.1. The third-order valence-corrected chi connectivity index (χ3v) is 6.76. The van der Waals surface area contributed by atoms with E-state index in [9.17, 15) is 18.0 Å². The fourth-order valence-corrected chi connectivity index (χ4v) is 4.80. The van der Waals surface area contributed by atoms with Crippen LogP contribution in [0.3, 0.4) is 0 Å². The standard InChI is InChI=1S/C19H21F3N2O3.C7H7ClS/c1-4-26-16(25)8-15-18-23-9-12(3)17(19(20,21)22)24(18)14-6-5-11(2)7-13(14)10-27-15;1-9-7-5-3-2-4-6(7)8/h5-7,15H,4,8-10H2,1-3H3;2-5H,1H3/t15-;/m0./s1. The average molecular weight is 541 g/mol. The molecule has 2 aromatic carbocycles. The van der Waals surface area contributed by atoms with Crippen molar-refractivity contribution in [1.82, 2.24) is 0 Å². The Balaban J connectivity index is 0.000000338. The van der Waals surface area contributed by atoms with E-state index < -0.39 is 23.9 Å². The van der Waals surface area contributed by atoms with E-state index in [0.29, 0.717) is 11.3 Å². The molecule has 0 spiro atoms. The zero-order chi connectivity index (χ0) is 26.5. The van der Waals surface area contributed by atoms with Gasteiger partial charge in [-0.15, -0.1) is 11.8 Å². The number of hydrogen-bond acceptors (Lipinski definition) is 6. The van der Waals surface area contributed by atoms with E-state index in [-0.39, 0.29) is 37.6 Å². The second-order valence-electron chi connectivity index (χ2n) is 8.21. The first kappa shape index (κ1) is 28.1. The minimum atomic E-state index is -4.56. The second kappa shape index (κ2) is 12.2. The first-order valence-corrected chi connectivity index (χ1v) is 12.9. The summed E-state index contributed by atoms with van der Waals surface area (Å²) in [6, 6.07) is 13.0. The van der Waals surface area contributed by atoms with Gasteiger partial charge in [0.25, 0.3) is 0 Å². The SMILES string of the molecule is CCOC(=O)C[C@@H]1OCc2cc(C)ccc2N2C1=NCC(C)=C2C(F)(F)F.CSc1ccccc1Cl. The number of benzene rings is 2. The Hall–Kier alpha value is -2.49. The van der Waals surface area contributed by atoms with Crippen molar-refractivity contribution < 1.29 is 27.4 Å². The summed E-state index contributed by atoms with van der Waals surface area (Å²) in [6.07, 6.45) is -3.66. The van der Waals surface area contributed by atoms with Crippen LogP contribution in [0, 0.1) is 6.92 Å². The van der Waals surface area contributed by atoms with Gasteiger partial charge in [-0.3, -0.25) is 14.7 Å². The van der Waals surface area contributed by atoms with Crippen LogP contribution in [-0.4, -0.2) is 43.5 Å². The Morgan fingerprint density at radius 3 is 2.58 bits per heavy atom. The highest BCUT2D eigenvalue weighted by Gasteiger charge is 2.46. The molecular weight excluding hydrogens is 513 g/mol. The third-order valence-electron chi connectivity index (χ3n) is 5.52. The normalized spacial score (nSPS) is 17.3. The number of nitrogens with zero attached hydrogens (tertiary/aromatic N) is 2. The number of anilines is 1. The molecule has 2 heterocycles. The molecule has 0 saturated carbocycles. The lowest BCUT2D eigenvalue weighted by atomic mass is 10.0. The molecular formula is C26H28ClF3N2O3S. The van der Waals surface area contributed by atoms with Gasteiger partial charge in [-0.25, -0.2) is 0 Å². The molecule has 194 valence electrons. The molecule has 0 bridgehead atoms. The lowest BCUT2D eigenvalue weighted by molar-refractivity contribution is -0.145. The fourth-order valence-electron chi connectivity index (χ4n) is 3.95. The molecule has 2 aliphatic rings. The van der Waals surface area contributed by atoms with Crippen LogP contribution in [-0.2, 0) is 20.9 Å². The summed E-state index contributed by atoms with van der Waals surface area (Å²) in [5.74, 6) is -0.448. The number of halogens is 4. The van der Waals surface area contributed by atoms with Crippen LogP contribution in [0.4, 0.5) is 18.9 Å². The van der Waals surface area contributed by atoms with E-state index in [2.05, 4.69) is 4.99 Å². The molecule has 0 N–H and O–H groups in total. The van der Waals surface area contributed by atoms with E-state index in [0.717, 1.165) is 20.4 Å². The Morgan fingerprint density at radius 1 is 1.25 bits per heavy atom. The number of alkyl halides is 3. The predicted molar refractivity (Wildman–Crippen MR) is 138 cm³/mol. The molecule has 0 amide bonds. The summed E-state index contributed by atoms with van der Waals surface area (Å²) in [4.78, 5) is 18.5. The molecule has 1 atom stereocenters. The van der Waals surface area contributed by atoms with Gasteiger partial charge < -0.3 is 9.47 Å². The van der Waals surface area contributed by atoms with E-state index in [1.165, 1.54) is 6.92 Å². The van der Waals surface area contributed by atoms with Crippen LogP contribution in [0.15, 0.2) is 63.6 Å². The summed E-state index contributed by atoms with van der Waals surface area (Å²) in [5.41, 5.74) is 1.25. The second-order valence-corrected chi connectivity index (χ2v) is 9.47. The molecule has 10 heteroatoms. The van der Waals surface area contributed by atoms with Crippen molar-refractivity contribution >= 4 is 40.9 Å². The molecule has 0 aliphatic carbocycles. The number of esters is 1. The number of aliphatic imine (C=N–C) groups is 1. The minimum Gasteiger partial charge on any atom is -0.466 e. The summed E-state index contributed by atoms with van der Waals surface area (Å²) in [7, 11) is 0. The quantitative estimate of drug-likeness (QED) is 0.310. The van der Waals surface area contributed by atoms with Gasteiger partial charge in [0.2, 0.25) is 0 Å². The molecule has 0 saturated heterocycles. The molecule has 36 heavy (non-hydrogen) atoms. The van der Waals surface area contributed by atoms with Gasteiger partial charge in [0.05, 0.1) is 36.9 Å². The van der Waals surface area contributed by atoms with Crippen molar-refractivity contribution in [3.63, 3.8) is 0 Å². The van der Waals surface area contributed by atoms with Crippen LogP contribution in [0.2, 0.25) is 5.02 Å². The van der Waals surface area contributed by atoms with Crippen molar-refractivity contribution in [3.05, 3.63) is 69.9 Å². The maximum Gasteiger partial charge on any atom is 0.431 e. The number of rotatable bonds is 4. The van der Waals surface area contributed by atoms with Crippen molar-refractivity contribution in [1.29, 1.82) is 0 Å². The third kappa shape index (κ3) is 6.63. The van der Waals surface area contributed by atoms with Gasteiger partial charge in [-0.2, -0.15) is 13.2 Å². The number of carbonyl (C=O) groups is 1. The Morgan fingerprint density at radius 2 is 1.97 bits per heavy atom. The largest absolute Gasteiger partial charge is 0.466 e. The van der Waals surface area contributed by atoms with Crippen LogP contribution in [0.1, 0.15) is 31.4 Å². The maximum absolute atomic E-state index is 13.9. The van der Waals surface area contributed by atoms with Gasteiger partial charge in [0.1, 0.15) is 17.6 Å². The first-order valence-electron chi connectivity index (χ1n) is 11.3. The van der Waals surface area contributed by atoms with Crippen molar-refractivity contribution in [2.75, 3.05) is 24.3 Å². The number of aryl methyl sites for hydroxylation is 1. The molecule has 0 aromatic heterocycles. The summed E-state index contributed by atoms with van der Waals surface area (Å²) in [5, 5.41) is 0.838. The smallest absolute Gasteiger partial charge is 0.431 e. The zero-order valence-electron chi connectivity index (χ0n) is 20.5. The van der Waals surface area contributed by atoms with Crippen molar-refractivity contribution in [2.45, 2.75) is 51.0 Å². The van der Waals surface area contributed by atoms with Gasteiger partial charge in [-0.05, 0) is 50.8 Å². The van der Waals surface area contributed by atoms with Gasteiger partial charge in [0.15, 0.2) is 0 Å². The molecule has 2 aliphatic heterocycles. The maximum atomic E-state index is 13.9. The summed E-state index contributed by atoms with van der Waals surface area (Å²) < 4.78 is 52.4. The predicted octanol–water partition coefficient (Wildman–Crippen LogP) is 6.96.